The van der Waals surface area contributed by atoms with Crippen molar-refractivity contribution in [1.82, 2.24) is 4.57 Å². The number of hydrogen-bond acceptors (Lipinski definition) is 1. The number of hydrogen-bond donors (Lipinski definition) is 1. The van der Waals surface area contributed by atoms with Crippen molar-refractivity contribution in [2.45, 2.75) is 53.5 Å². The molecule has 0 spiro atoms. The zero-order chi connectivity index (χ0) is 14.9. The van der Waals surface area contributed by atoms with E-state index in [0.717, 1.165) is 42.3 Å². The van der Waals surface area contributed by atoms with Gasteiger partial charge in [-0.1, -0.05) is 32.4 Å². The van der Waals surface area contributed by atoms with Crippen LogP contribution in [0.3, 0.4) is 0 Å². The van der Waals surface area contributed by atoms with Gasteiger partial charge in [-0.3, -0.25) is 0 Å². The van der Waals surface area contributed by atoms with Crippen LogP contribution < -0.4 is 0 Å². The van der Waals surface area contributed by atoms with Crippen LogP contribution in [0.1, 0.15) is 53.9 Å². The van der Waals surface area contributed by atoms with Gasteiger partial charge in [-0.2, -0.15) is 0 Å². The molecule has 1 heterocycles. The number of aromatic carboxylic acids is 1. The molecule has 0 saturated carbocycles. The Morgan fingerprint density at radius 3 is 2.50 bits per heavy atom. The lowest BCUT2D eigenvalue weighted by molar-refractivity contribution is 0.0698. The van der Waals surface area contributed by atoms with Gasteiger partial charge in [0.1, 0.15) is 0 Å². The Morgan fingerprint density at radius 1 is 1.25 bits per heavy atom. The van der Waals surface area contributed by atoms with E-state index >= 15 is 0 Å². The van der Waals surface area contributed by atoms with Gasteiger partial charge < -0.3 is 9.67 Å². The first-order valence-corrected chi connectivity index (χ1v) is 7.37. The minimum Gasteiger partial charge on any atom is -0.478 e. The van der Waals surface area contributed by atoms with Gasteiger partial charge in [-0.05, 0) is 37.8 Å². The number of rotatable bonds is 5. The normalized spacial score (nSPS) is 11.2. The Kier molecular flexibility index (Phi) is 4.17. The number of carboxylic acids is 1. The maximum Gasteiger partial charge on any atom is 0.338 e. The van der Waals surface area contributed by atoms with Crippen molar-refractivity contribution >= 4 is 16.9 Å². The fraction of sp³-hybridized carbons (Fsp3) is 0.471. The van der Waals surface area contributed by atoms with E-state index in [1.807, 2.05) is 13.0 Å². The summed E-state index contributed by atoms with van der Waals surface area (Å²) in [5.74, 6) is -0.828. The van der Waals surface area contributed by atoms with Crippen LogP contribution in [0.15, 0.2) is 12.1 Å². The summed E-state index contributed by atoms with van der Waals surface area (Å²) in [6.07, 6.45) is 3.11. The van der Waals surface area contributed by atoms with Crippen LogP contribution in [0.4, 0.5) is 0 Å². The Bertz CT molecular complexity index is 653. The number of aryl methyl sites for hydroxylation is 3. The third kappa shape index (κ3) is 2.21. The quantitative estimate of drug-likeness (QED) is 0.881. The molecule has 1 aromatic heterocycles. The van der Waals surface area contributed by atoms with Crippen molar-refractivity contribution in [3.05, 3.63) is 34.5 Å². The highest BCUT2D eigenvalue weighted by molar-refractivity contribution is 6.05. The number of carbonyl (C=O) groups is 1. The molecule has 0 aliphatic carbocycles. The van der Waals surface area contributed by atoms with E-state index in [4.69, 9.17) is 0 Å². The number of benzene rings is 1. The summed E-state index contributed by atoms with van der Waals surface area (Å²) in [4.78, 5) is 11.7. The Labute approximate surface area is 120 Å². The van der Waals surface area contributed by atoms with Crippen molar-refractivity contribution in [3.8, 4) is 0 Å². The average molecular weight is 273 g/mol. The summed E-state index contributed by atoms with van der Waals surface area (Å²) in [6, 6.07) is 4.00. The molecule has 20 heavy (non-hydrogen) atoms. The molecule has 3 heteroatoms. The Morgan fingerprint density at radius 2 is 1.95 bits per heavy atom. The third-order valence-corrected chi connectivity index (χ3v) is 4.13. The van der Waals surface area contributed by atoms with E-state index in [9.17, 15) is 9.90 Å². The summed E-state index contributed by atoms with van der Waals surface area (Å²) in [6.45, 7) is 9.16. The van der Waals surface area contributed by atoms with E-state index in [1.54, 1.807) is 0 Å². The third-order valence-electron chi connectivity index (χ3n) is 4.13. The van der Waals surface area contributed by atoms with Gasteiger partial charge in [0, 0.05) is 17.6 Å². The van der Waals surface area contributed by atoms with Crippen molar-refractivity contribution in [3.63, 3.8) is 0 Å². The second-order valence-corrected chi connectivity index (χ2v) is 5.38. The highest BCUT2D eigenvalue weighted by Gasteiger charge is 2.20. The topological polar surface area (TPSA) is 42.2 Å². The van der Waals surface area contributed by atoms with Gasteiger partial charge in [0.25, 0.3) is 0 Å². The summed E-state index contributed by atoms with van der Waals surface area (Å²) in [7, 11) is 0. The molecule has 0 atom stereocenters. The predicted octanol–water partition coefficient (Wildman–Crippen LogP) is 4.32. The lowest BCUT2D eigenvalue weighted by atomic mass is 10.0. The zero-order valence-electron chi connectivity index (χ0n) is 12.8. The van der Waals surface area contributed by atoms with Gasteiger partial charge in [-0.25, -0.2) is 4.79 Å². The van der Waals surface area contributed by atoms with Crippen molar-refractivity contribution in [2.75, 3.05) is 0 Å². The Balaban J connectivity index is 2.84. The maximum atomic E-state index is 11.7. The summed E-state index contributed by atoms with van der Waals surface area (Å²) in [5.41, 5.74) is 4.69. The van der Waals surface area contributed by atoms with E-state index in [2.05, 4.69) is 31.4 Å². The molecule has 0 fully saturated rings. The second kappa shape index (κ2) is 5.70. The smallest absolute Gasteiger partial charge is 0.338 e. The fourth-order valence-corrected chi connectivity index (χ4v) is 3.05. The van der Waals surface area contributed by atoms with Gasteiger partial charge in [0.15, 0.2) is 0 Å². The molecule has 0 aliphatic heterocycles. The molecule has 0 saturated heterocycles. The first-order valence-electron chi connectivity index (χ1n) is 7.37. The van der Waals surface area contributed by atoms with Crippen LogP contribution in [0.5, 0.6) is 0 Å². The molecule has 1 N–H and O–H groups in total. The maximum absolute atomic E-state index is 11.7. The van der Waals surface area contributed by atoms with Gasteiger partial charge in [-0.15, -0.1) is 0 Å². The van der Waals surface area contributed by atoms with E-state index < -0.39 is 5.97 Å². The highest BCUT2D eigenvalue weighted by atomic mass is 16.4. The first kappa shape index (κ1) is 14.6. The number of carboxylic acid groups (broad SMARTS) is 1. The largest absolute Gasteiger partial charge is 0.478 e. The van der Waals surface area contributed by atoms with E-state index in [-0.39, 0.29) is 0 Å². The number of nitrogens with zero attached hydrogens (tertiary/aromatic N) is 1. The molecular formula is C17H23NO2. The van der Waals surface area contributed by atoms with Crippen LogP contribution >= 0.6 is 0 Å². The number of fused-ring (bicyclic) bond motifs is 1. The Hall–Kier alpha value is -1.77. The minimum atomic E-state index is -0.828. The van der Waals surface area contributed by atoms with Gasteiger partial charge in [0.05, 0.1) is 11.1 Å². The number of unbranched alkanes of at least 4 members (excludes halogenated alkanes) is 1. The standard InChI is InChI=1S/C17H23NO2/c1-5-7-10-18-12(4)13(6-2)14-9-8-11(3)15(16(14)18)17(19)20/h8-9H,5-7,10H2,1-4H3,(H,19,20). The van der Waals surface area contributed by atoms with Crippen LogP contribution in [0.2, 0.25) is 0 Å². The van der Waals surface area contributed by atoms with E-state index in [1.165, 1.54) is 11.3 Å². The van der Waals surface area contributed by atoms with Crippen molar-refractivity contribution < 1.29 is 9.90 Å². The SMILES string of the molecule is CCCCn1c(C)c(CC)c2ccc(C)c(C(=O)O)c21. The molecule has 2 aromatic rings. The van der Waals surface area contributed by atoms with Gasteiger partial charge >= 0.3 is 5.97 Å². The molecule has 0 bridgehead atoms. The lowest BCUT2D eigenvalue weighted by Gasteiger charge is -2.11. The van der Waals surface area contributed by atoms with Crippen molar-refractivity contribution in [1.29, 1.82) is 0 Å². The molecule has 0 unspecified atom stereocenters. The molecular weight excluding hydrogens is 250 g/mol. The fourth-order valence-electron chi connectivity index (χ4n) is 3.05. The molecule has 0 amide bonds. The molecule has 108 valence electrons. The summed E-state index contributed by atoms with van der Waals surface area (Å²) >= 11 is 0. The molecule has 2 rings (SSSR count). The molecule has 0 radical (unpaired) electrons. The van der Waals surface area contributed by atoms with E-state index in [0.29, 0.717) is 5.56 Å². The molecule has 3 nitrogen and oxygen atoms in total. The van der Waals surface area contributed by atoms with Crippen molar-refractivity contribution in [2.24, 2.45) is 0 Å². The van der Waals surface area contributed by atoms with Crippen LogP contribution in [-0.2, 0) is 13.0 Å². The highest BCUT2D eigenvalue weighted by Crippen LogP contribution is 2.31. The second-order valence-electron chi connectivity index (χ2n) is 5.38. The number of aromatic nitrogens is 1. The summed E-state index contributed by atoms with van der Waals surface area (Å²) < 4.78 is 2.20. The molecule has 0 aliphatic rings. The first-order chi connectivity index (χ1) is 9.52. The van der Waals surface area contributed by atoms with Crippen LogP contribution in [0, 0.1) is 13.8 Å². The van der Waals surface area contributed by atoms with Crippen LogP contribution in [-0.4, -0.2) is 15.6 Å². The zero-order valence-corrected chi connectivity index (χ0v) is 12.8. The average Bonchev–Trinajstić information content (AvgIpc) is 2.67. The monoisotopic (exact) mass is 273 g/mol. The lowest BCUT2D eigenvalue weighted by Crippen LogP contribution is -2.07. The van der Waals surface area contributed by atoms with Crippen LogP contribution in [0.25, 0.3) is 10.9 Å². The predicted molar refractivity (Wildman–Crippen MR) is 82.7 cm³/mol. The summed E-state index contributed by atoms with van der Waals surface area (Å²) in [5, 5.41) is 10.7. The molecule has 1 aromatic carbocycles. The van der Waals surface area contributed by atoms with Gasteiger partial charge in [0.2, 0.25) is 0 Å². The minimum absolute atomic E-state index is 0.460.